The SMILES string of the molecule is CCOC(=O)CN(CC)C(=O)c1c[nH]c(=O)[nH]c1=O. The lowest BCUT2D eigenvalue weighted by Crippen LogP contribution is -2.40. The molecule has 1 aromatic heterocycles. The summed E-state index contributed by atoms with van der Waals surface area (Å²) < 4.78 is 4.73. The third-order valence-electron chi connectivity index (χ3n) is 2.34. The lowest BCUT2D eigenvalue weighted by molar-refractivity contribution is -0.143. The number of nitrogens with zero attached hydrogens (tertiary/aromatic N) is 1. The van der Waals surface area contributed by atoms with Crippen LogP contribution in [0.3, 0.4) is 0 Å². The largest absolute Gasteiger partial charge is 0.465 e. The minimum Gasteiger partial charge on any atom is -0.465 e. The van der Waals surface area contributed by atoms with E-state index in [0.29, 0.717) is 0 Å². The maximum Gasteiger partial charge on any atom is 0.325 e. The smallest absolute Gasteiger partial charge is 0.325 e. The van der Waals surface area contributed by atoms with Gasteiger partial charge in [0.2, 0.25) is 0 Å². The summed E-state index contributed by atoms with van der Waals surface area (Å²) in [5, 5.41) is 0. The highest BCUT2D eigenvalue weighted by Gasteiger charge is 2.20. The van der Waals surface area contributed by atoms with Crippen molar-refractivity contribution < 1.29 is 14.3 Å². The number of rotatable bonds is 5. The van der Waals surface area contributed by atoms with Crippen molar-refractivity contribution in [2.75, 3.05) is 19.7 Å². The normalized spacial score (nSPS) is 10.0. The summed E-state index contributed by atoms with van der Waals surface area (Å²) in [6.45, 7) is 3.52. The Balaban J connectivity index is 2.92. The van der Waals surface area contributed by atoms with Gasteiger partial charge < -0.3 is 14.6 Å². The first-order valence-corrected chi connectivity index (χ1v) is 5.76. The van der Waals surface area contributed by atoms with E-state index in [9.17, 15) is 19.2 Å². The second-order valence-corrected chi connectivity index (χ2v) is 3.61. The summed E-state index contributed by atoms with van der Waals surface area (Å²) in [5.41, 5.74) is -1.73. The van der Waals surface area contributed by atoms with E-state index in [1.165, 1.54) is 0 Å². The minimum absolute atomic E-state index is 0.212. The second-order valence-electron chi connectivity index (χ2n) is 3.61. The first kappa shape index (κ1) is 14.7. The minimum atomic E-state index is -0.795. The highest BCUT2D eigenvalue weighted by Crippen LogP contribution is 1.98. The molecule has 0 saturated heterocycles. The Kier molecular flexibility index (Phi) is 5.04. The summed E-state index contributed by atoms with van der Waals surface area (Å²) in [6, 6.07) is 0. The average molecular weight is 269 g/mol. The van der Waals surface area contributed by atoms with Crippen LogP contribution < -0.4 is 11.2 Å². The lowest BCUT2D eigenvalue weighted by atomic mass is 10.3. The summed E-state index contributed by atoms with van der Waals surface area (Å²) in [5.74, 6) is -1.20. The number of carbonyl (C=O) groups excluding carboxylic acids is 2. The number of likely N-dealkylation sites (N-methyl/N-ethyl adjacent to an activating group) is 1. The number of ether oxygens (including phenoxy) is 1. The molecule has 1 rings (SSSR count). The molecule has 0 spiro atoms. The van der Waals surface area contributed by atoms with Gasteiger partial charge in [-0.2, -0.15) is 0 Å². The maximum absolute atomic E-state index is 12.0. The molecule has 0 unspecified atom stereocenters. The Morgan fingerprint density at radius 3 is 2.53 bits per heavy atom. The van der Waals surface area contributed by atoms with E-state index in [2.05, 4.69) is 4.98 Å². The number of nitrogens with one attached hydrogen (secondary N) is 2. The van der Waals surface area contributed by atoms with Crippen LogP contribution in [-0.4, -0.2) is 46.4 Å². The molecule has 0 aliphatic rings. The van der Waals surface area contributed by atoms with E-state index in [-0.39, 0.29) is 25.3 Å². The van der Waals surface area contributed by atoms with Crippen LogP contribution in [0.15, 0.2) is 15.8 Å². The van der Waals surface area contributed by atoms with Gasteiger partial charge >= 0.3 is 11.7 Å². The van der Waals surface area contributed by atoms with E-state index in [1.54, 1.807) is 13.8 Å². The molecule has 1 aromatic rings. The maximum atomic E-state index is 12.0. The van der Waals surface area contributed by atoms with Crippen molar-refractivity contribution >= 4 is 11.9 Å². The number of hydrogen-bond donors (Lipinski definition) is 2. The molecule has 0 aromatic carbocycles. The second kappa shape index (κ2) is 6.53. The fourth-order valence-corrected chi connectivity index (χ4v) is 1.43. The van der Waals surface area contributed by atoms with Crippen molar-refractivity contribution in [1.82, 2.24) is 14.9 Å². The summed E-state index contributed by atoms with van der Waals surface area (Å²) in [6.07, 6.45) is 1.03. The molecule has 1 heterocycles. The number of amides is 1. The molecule has 0 radical (unpaired) electrons. The van der Waals surface area contributed by atoms with Gasteiger partial charge in [0, 0.05) is 12.7 Å². The van der Waals surface area contributed by atoms with Crippen LogP contribution in [0.25, 0.3) is 0 Å². The zero-order valence-electron chi connectivity index (χ0n) is 10.7. The number of esters is 1. The molecule has 0 atom stereocenters. The predicted molar refractivity (Wildman–Crippen MR) is 65.9 cm³/mol. The van der Waals surface area contributed by atoms with Crippen LogP contribution in [-0.2, 0) is 9.53 Å². The molecule has 104 valence electrons. The van der Waals surface area contributed by atoms with Crippen LogP contribution in [0.5, 0.6) is 0 Å². The first-order valence-electron chi connectivity index (χ1n) is 5.76. The van der Waals surface area contributed by atoms with Crippen molar-refractivity contribution in [3.63, 3.8) is 0 Å². The number of aromatic nitrogens is 2. The Labute approximate surface area is 108 Å². The van der Waals surface area contributed by atoms with Gasteiger partial charge in [0.05, 0.1) is 6.61 Å². The molecule has 0 bridgehead atoms. The van der Waals surface area contributed by atoms with Crippen molar-refractivity contribution in [2.24, 2.45) is 0 Å². The van der Waals surface area contributed by atoms with Crippen molar-refractivity contribution in [1.29, 1.82) is 0 Å². The summed E-state index contributed by atoms with van der Waals surface area (Å²) >= 11 is 0. The van der Waals surface area contributed by atoms with Crippen molar-refractivity contribution in [3.05, 3.63) is 32.6 Å². The van der Waals surface area contributed by atoms with Gasteiger partial charge in [0.15, 0.2) is 0 Å². The Hall–Kier alpha value is -2.38. The number of aromatic amines is 2. The van der Waals surface area contributed by atoms with Crippen LogP contribution in [0.1, 0.15) is 24.2 Å². The van der Waals surface area contributed by atoms with E-state index in [0.717, 1.165) is 11.1 Å². The zero-order chi connectivity index (χ0) is 14.4. The van der Waals surface area contributed by atoms with Gasteiger partial charge in [-0.15, -0.1) is 0 Å². The Morgan fingerprint density at radius 1 is 1.32 bits per heavy atom. The monoisotopic (exact) mass is 269 g/mol. The number of H-pyrrole nitrogens is 2. The van der Waals surface area contributed by atoms with Gasteiger partial charge in [-0.3, -0.25) is 19.4 Å². The molecule has 1 amide bonds. The molecule has 8 nitrogen and oxygen atoms in total. The quantitative estimate of drug-likeness (QED) is 0.672. The van der Waals surface area contributed by atoms with Crippen LogP contribution in [0, 0.1) is 0 Å². The molecule has 8 heteroatoms. The average Bonchev–Trinajstić information content (AvgIpc) is 2.35. The molecule has 19 heavy (non-hydrogen) atoms. The summed E-state index contributed by atoms with van der Waals surface area (Å²) in [7, 11) is 0. The standard InChI is InChI=1S/C11H15N3O5/c1-3-14(6-8(15)19-4-2)10(17)7-5-12-11(18)13-9(7)16/h5H,3-4,6H2,1-2H3,(H2,12,13,16,18). The van der Waals surface area contributed by atoms with Crippen LogP contribution in [0.4, 0.5) is 0 Å². The molecule has 2 N–H and O–H groups in total. The van der Waals surface area contributed by atoms with Gasteiger partial charge in [-0.05, 0) is 13.8 Å². The number of hydrogen-bond acceptors (Lipinski definition) is 5. The predicted octanol–water partition coefficient (Wildman–Crippen LogP) is -0.912. The lowest BCUT2D eigenvalue weighted by Gasteiger charge is -2.19. The van der Waals surface area contributed by atoms with Crippen LogP contribution in [0.2, 0.25) is 0 Å². The molecular formula is C11H15N3O5. The van der Waals surface area contributed by atoms with Gasteiger partial charge in [-0.1, -0.05) is 0 Å². The Bertz CT molecular complexity index is 574. The zero-order valence-corrected chi connectivity index (χ0v) is 10.7. The van der Waals surface area contributed by atoms with Gasteiger partial charge in [0.25, 0.3) is 11.5 Å². The first-order chi connectivity index (χ1) is 8.99. The third kappa shape index (κ3) is 3.80. The molecular weight excluding hydrogens is 254 g/mol. The fourth-order valence-electron chi connectivity index (χ4n) is 1.43. The fraction of sp³-hybridized carbons (Fsp3) is 0.455. The van der Waals surface area contributed by atoms with Gasteiger partial charge in [-0.25, -0.2) is 4.79 Å². The summed E-state index contributed by atoms with van der Waals surface area (Å²) in [4.78, 5) is 51.0. The van der Waals surface area contributed by atoms with E-state index < -0.39 is 23.1 Å². The highest BCUT2D eigenvalue weighted by molar-refractivity contribution is 5.95. The van der Waals surface area contributed by atoms with Crippen LogP contribution >= 0.6 is 0 Å². The third-order valence-corrected chi connectivity index (χ3v) is 2.34. The van der Waals surface area contributed by atoms with E-state index in [4.69, 9.17) is 4.74 Å². The van der Waals surface area contributed by atoms with Crippen molar-refractivity contribution in [2.45, 2.75) is 13.8 Å². The van der Waals surface area contributed by atoms with E-state index >= 15 is 0 Å². The molecule has 0 saturated carbocycles. The van der Waals surface area contributed by atoms with Gasteiger partial charge in [0.1, 0.15) is 12.1 Å². The molecule has 0 aliphatic carbocycles. The van der Waals surface area contributed by atoms with Crippen molar-refractivity contribution in [3.8, 4) is 0 Å². The van der Waals surface area contributed by atoms with E-state index in [1.807, 2.05) is 4.98 Å². The molecule has 0 aliphatic heterocycles. The Morgan fingerprint density at radius 2 is 2.00 bits per heavy atom. The topological polar surface area (TPSA) is 112 Å². The molecule has 0 fully saturated rings. The highest BCUT2D eigenvalue weighted by atomic mass is 16.5. The number of carbonyl (C=O) groups is 2.